The summed E-state index contributed by atoms with van der Waals surface area (Å²) in [5.41, 5.74) is 0. The summed E-state index contributed by atoms with van der Waals surface area (Å²) in [5, 5.41) is 0. The van der Waals surface area contributed by atoms with E-state index >= 15 is 0 Å². The molecule has 1 heterocycles. The molecule has 5 rings (SSSR count). The van der Waals surface area contributed by atoms with E-state index in [9.17, 15) is 4.79 Å². The van der Waals surface area contributed by atoms with Crippen molar-refractivity contribution in [1.29, 1.82) is 0 Å². The third-order valence-corrected chi connectivity index (χ3v) is 9.05. The summed E-state index contributed by atoms with van der Waals surface area (Å²) in [4.78, 5) is 11.5. The van der Waals surface area contributed by atoms with Crippen LogP contribution in [0, 0.1) is 53.3 Å². The van der Waals surface area contributed by atoms with Gasteiger partial charge in [-0.2, -0.15) is 0 Å². The maximum absolute atomic E-state index is 11.5. The molecule has 1 aliphatic heterocycles. The van der Waals surface area contributed by atoms with Crippen LogP contribution in [0.1, 0.15) is 65.2 Å². The summed E-state index contributed by atoms with van der Waals surface area (Å²) < 4.78 is 5.55. The molecular formula is C21H32O2. The zero-order chi connectivity index (χ0) is 15.7. The molecule has 0 aromatic heterocycles. The van der Waals surface area contributed by atoms with Crippen LogP contribution in [0.4, 0.5) is 0 Å². The minimum atomic E-state index is 0.0465. The fraction of sp³-hybridized carbons (Fsp3) is 0.952. The molecular weight excluding hydrogens is 284 g/mol. The Bertz CT molecular complexity index is 500. The number of carbonyl (C=O) groups is 1. The van der Waals surface area contributed by atoms with E-state index in [1.807, 2.05) is 0 Å². The Labute approximate surface area is 140 Å². The third kappa shape index (κ3) is 2.09. The van der Waals surface area contributed by atoms with E-state index in [1.54, 1.807) is 6.42 Å². The molecule has 5 fully saturated rings. The molecule has 4 aliphatic carbocycles. The molecule has 4 saturated carbocycles. The van der Waals surface area contributed by atoms with Gasteiger partial charge in [-0.25, -0.2) is 0 Å². The molecule has 1 saturated heterocycles. The van der Waals surface area contributed by atoms with Crippen LogP contribution in [0.3, 0.4) is 0 Å². The molecule has 10 atom stereocenters. The number of rotatable bonds is 3. The van der Waals surface area contributed by atoms with Gasteiger partial charge in [0.15, 0.2) is 0 Å². The minimum absolute atomic E-state index is 0.0465. The van der Waals surface area contributed by atoms with Gasteiger partial charge in [-0.05, 0) is 98.2 Å². The number of cyclic esters (lactones) is 1. The van der Waals surface area contributed by atoms with Crippen molar-refractivity contribution < 1.29 is 9.53 Å². The van der Waals surface area contributed by atoms with E-state index in [0.717, 1.165) is 72.5 Å². The van der Waals surface area contributed by atoms with Gasteiger partial charge in [-0.1, -0.05) is 13.8 Å². The number of carbonyl (C=O) groups excluding carboxylic acids is 1. The molecule has 2 nitrogen and oxygen atoms in total. The van der Waals surface area contributed by atoms with Crippen LogP contribution in [-0.2, 0) is 9.53 Å². The predicted octanol–water partition coefficient (Wildman–Crippen LogP) is 4.67. The Kier molecular flexibility index (Phi) is 3.36. The Morgan fingerprint density at radius 2 is 1.74 bits per heavy atom. The van der Waals surface area contributed by atoms with Crippen LogP contribution in [-0.4, -0.2) is 12.1 Å². The molecule has 0 N–H and O–H groups in total. The Hall–Kier alpha value is -0.530. The van der Waals surface area contributed by atoms with E-state index in [-0.39, 0.29) is 12.1 Å². The van der Waals surface area contributed by atoms with Crippen molar-refractivity contribution in [1.82, 2.24) is 0 Å². The van der Waals surface area contributed by atoms with Gasteiger partial charge in [0.25, 0.3) is 0 Å². The summed E-state index contributed by atoms with van der Waals surface area (Å²) >= 11 is 0. The molecule has 0 radical (unpaired) electrons. The highest BCUT2D eigenvalue weighted by Crippen LogP contribution is 2.71. The van der Waals surface area contributed by atoms with Crippen molar-refractivity contribution in [3.63, 3.8) is 0 Å². The van der Waals surface area contributed by atoms with Crippen LogP contribution in [0.25, 0.3) is 0 Å². The van der Waals surface area contributed by atoms with Crippen LogP contribution in [0.5, 0.6) is 0 Å². The first-order chi connectivity index (χ1) is 11.1. The number of ether oxygens (including phenoxy) is 1. The fourth-order valence-electron chi connectivity index (χ4n) is 8.08. The van der Waals surface area contributed by atoms with Crippen molar-refractivity contribution in [2.24, 2.45) is 53.3 Å². The second-order valence-electron chi connectivity index (χ2n) is 9.67. The summed E-state index contributed by atoms with van der Waals surface area (Å²) in [7, 11) is 0. The number of esters is 1. The van der Waals surface area contributed by atoms with Gasteiger partial charge in [-0.15, -0.1) is 0 Å². The quantitative estimate of drug-likeness (QED) is 0.558. The highest BCUT2D eigenvalue weighted by atomic mass is 16.5. The summed E-state index contributed by atoms with van der Waals surface area (Å²) in [6.07, 6.45) is 10.1. The van der Waals surface area contributed by atoms with Gasteiger partial charge >= 0.3 is 5.97 Å². The van der Waals surface area contributed by atoms with Crippen molar-refractivity contribution in [2.75, 3.05) is 0 Å². The van der Waals surface area contributed by atoms with Crippen molar-refractivity contribution >= 4 is 5.97 Å². The zero-order valence-electron chi connectivity index (χ0n) is 14.7. The van der Waals surface area contributed by atoms with E-state index in [4.69, 9.17) is 4.74 Å². The average molecular weight is 316 g/mol. The van der Waals surface area contributed by atoms with E-state index in [2.05, 4.69) is 13.8 Å². The zero-order valence-corrected chi connectivity index (χ0v) is 14.7. The van der Waals surface area contributed by atoms with Gasteiger partial charge in [0.1, 0.15) is 6.10 Å². The fourth-order valence-corrected chi connectivity index (χ4v) is 8.08. The van der Waals surface area contributed by atoms with E-state index in [1.165, 1.54) is 19.3 Å². The lowest BCUT2D eigenvalue weighted by Gasteiger charge is -2.44. The molecule has 0 aromatic rings. The van der Waals surface area contributed by atoms with Crippen LogP contribution >= 0.6 is 0 Å². The standard InChI is InChI=1S/C21H32O2/c1-11-12(2)17-10-16(11)20-14-8-13(18(9-14)21(17)20)6-7-15-4-3-5-19(22)23-15/h11-18,20-21H,3-10H2,1-2H3. The monoisotopic (exact) mass is 316 g/mol. The molecule has 5 aliphatic rings. The highest BCUT2D eigenvalue weighted by molar-refractivity contribution is 5.70. The third-order valence-electron chi connectivity index (χ3n) is 9.05. The second-order valence-corrected chi connectivity index (χ2v) is 9.67. The molecule has 10 unspecified atom stereocenters. The van der Waals surface area contributed by atoms with Gasteiger partial charge in [0.2, 0.25) is 0 Å². The average Bonchev–Trinajstić information content (AvgIpc) is 3.25. The predicted molar refractivity (Wildman–Crippen MR) is 89.6 cm³/mol. The first-order valence-corrected chi connectivity index (χ1v) is 10.3. The summed E-state index contributed by atoms with van der Waals surface area (Å²) in [5.74, 6) is 9.31. The molecule has 2 heteroatoms. The highest BCUT2D eigenvalue weighted by Gasteiger charge is 2.65. The number of hydrogen-bond donors (Lipinski definition) is 0. The van der Waals surface area contributed by atoms with Crippen LogP contribution in [0.2, 0.25) is 0 Å². The molecule has 4 bridgehead atoms. The lowest BCUT2D eigenvalue weighted by molar-refractivity contribution is -0.154. The smallest absolute Gasteiger partial charge is 0.306 e. The van der Waals surface area contributed by atoms with Gasteiger partial charge < -0.3 is 4.74 Å². The van der Waals surface area contributed by atoms with E-state index < -0.39 is 0 Å². The van der Waals surface area contributed by atoms with Crippen molar-refractivity contribution in [3.05, 3.63) is 0 Å². The Morgan fingerprint density at radius 1 is 0.957 bits per heavy atom. The van der Waals surface area contributed by atoms with Gasteiger partial charge in [0.05, 0.1) is 0 Å². The molecule has 0 amide bonds. The minimum Gasteiger partial charge on any atom is -0.462 e. The van der Waals surface area contributed by atoms with Crippen LogP contribution < -0.4 is 0 Å². The summed E-state index contributed by atoms with van der Waals surface area (Å²) in [6.45, 7) is 5.07. The SMILES string of the molecule is CC1C(C)C2CC1C1C3CC(CCC4CCCC(=O)O4)C(C3)C21. The lowest BCUT2D eigenvalue weighted by atomic mass is 9.61. The van der Waals surface area contributed by atoms with Gasteiger partial charge in [0, 0.05) is 6.42 Å². The van der Waals surface area contributed by atoms with Crippen molar-refractivity contribution in [2.45, 2.75) is 71.3 Å². The van der Waals surface area contributed by atoms with Crippen molar-refractivity contribution in [3.8, 4) is 0 Å². The maximum atomic E-state index is 11.5. The Morgan fingerprint density at radius 3 is 2.52 bits per heavy atom. The Balaban J connectivity index is 1.24. The first-order valence-electron chi connectivity index (χ1n) is 10.3. The second kappa shape index (κ2) is 5.23. The molecule has 0 spiro atoms. The maximum Gasteiger partial charge on any atom is 0.306 e. The molecule has 128 valence electrons. The van der Waals surface area contributed by atoms with Gasteiger partial charge in [-0.3, -0.25) is 4.79 Å². The normalized spacial score (nSPS) is 56.9. The largest absolute Gasteiger partial charge is 0.462 e. The molecule has 23 heavy (non-hydrogen) atoms. The topological polar surface area (TPSA) is 26.3 Å². The summed E-state index contributed by atoms with van der Waals surface area (Å²) in [6, 6.07) is 0. The first kappa shape index (κ1) is 14.8. The van der Waals surface area contributed by atoms with E-state index in [0.29, 0.717) is 6.42 Å². The molecule has 0 aromatic carbocycles. The van der Waals surface area contributed by atoms with Crippen LogP contribution in [0.15, 0.2) is 0 Å². The number of fused-ring (bicyclic) bond motifs is 9. The number of hydrogen-bond acceptors (Lipinski definition) is 2. The lowest BCUT2D eigenvalue weighted by Crippen LogP contribution is -2.39.